The molecule has 3 atom stereocenters. The van der Waals surface area contributed by atoms with Crippen molar-refractivity contribution in [1.29, 1.82) is 0 Å². The Hall–Kier alpha value is -1.13. The minimum atomic E-state index is 0. The van der Waals surface area contributed by atoms with Crippen LogP contribution in [0.1, 0.15) is 50.6 Å². The number of amides is 1. The molecule has 0 radical (unpaired) electrons. The summed E-state index contributed by atoms with van der Waals surface area (Å²) in [7, 11) is 0. The fourth-order valence-corrected chi connectivity index (χ4v) is 4.05. The smallest absolute Gasteiger partial charge is 0.223 e. The van der Waals surface area contributed by atoms with Crippen molar-refractivity contribution in [2.45, 2.75) is 51.1 Å². The number of carbonyl (C=O) groups is 1. The minimum Gasteiger partial charge on any atom is -0.349 e. The average Bonchev–Trinajstić information content (AvgIpc) is 2.47. The highest BCUT2D eigenvalue weighted by Gasteiger charge is 2.40. The average molecular weight is 324 g/mol. The molecule has 1 heterocycles. The first kappa shape index (κ1) is 17.2. The Labute approximate surface area is 138 Å². The summed E-state index contributed by atoms with van der Waals surface area (Å²) >= 11 is 0. The van der Waals surface area contributed by atoms with Crippen LogP contribution in [-0.4, -0.2) is 16.9 Å². The van der Waals surface area contributed by atoms with Gasteiger partial charge in [-0.05, 0) is 56.1 Å². The van der Waals surface area contributed by atoms with Gasteiger partial charge in [0.25, 0.3) is 0 Å². The molecular weight excluding hydrogens is 298 g/mol. The molecule has 3 rings (SSSR count). The first-order valence-corrected chi connectivity index (χ1v) is 8.11. The number of aromatic nitrogens is 1. The van der Waals surface area contributed by atoms with E-state index >= 15 is 0 Å². The van der Waals surface area contributed by atoms with E-state index in [1.807, 2.05) is 25.3 Å². The van der Waals surface area contributed by atoms with E-state index in [0.717, 1.165) is 18.4 Å². The van der Waals surface area contributed by atoms with Crippen molar-refractivity contribution in [2.75, 3.05) is 0 Å². The molecular formula is C17H26ClN3O. The Morgan fingerprint density at radius 1 is 1.36 bits per heavy atom. The van der Waals surface area contributed by atoms with Crippen molar-refractivity contribution < 1.29 is 4.79 Å². The quantitative estimate of drug-likeness (QED) is 0.898. The molecule has 4 nitrogen and oxygen atoms in total. The molecule has 0 spiro atoms. The fraction of sp³-hybridized carbons (Fsp3) is 0.647. The van der Waals surface area contributed by atoms with Gasteiger partial charge in [-0.25, -0.2) is 0 Å². The van der Waals surface area contributed by atoms with E-state index in [0.29, 0.717) is 17.9 Å². The number of fused-ring (bicyclic) bond motifs is 2. The number of nitrogens with one attached hydrogen (secondary N) is 1. The molecule has 122 valence electrons. The lowest BCUT2D eigenvalue weighted by molar-refractivity contribution is -0.128. The number of nitrogens with two attached hydrogens (primary N) is 1. The van der Waals surface area contributed by atoms with Crippen LogP contribution < -0.4 is 11.1 Å². The zero-order valence-corrected chi connectivity index (χ0v) is 13.9. The molecule has 2 saturated carbocycles. The van der Waals surface area contributed by atoms with Crippen LogP contribution in [0.3, 0.4) is 0 Å². The maximum atomic E-state index is 12.5. The first-order valence-electron chi connectivity index (χ1n) is 8.11. The molecule has 2 bridgehead atoms. The van der Waals surface area contributed by atoms with E-state index in [9.17, 15) is 4.79 Å². The molecule has 0 aromatic carbocycles. The number of pyridine rings is 1. The van der Waals surface area contributed by atoms with Gasteiger partial charge in [0.05, 0.1) is 6.04 Å². The molecule has 2 aliphatic rings. The number of halogens is 1. The van der Waals surface area contributed by atoms with E-state index in [1.165, 1.54) is 19.3 Å². The van der Waals surface area contributed by atoms with Gasteiger partial charge in [0.1, 0.15) is 0 Å². The molecule has 1 aromatic heterocycles. The summed E-state index contributed by atoms with van der Waals surface area (Å²) in [5, 5.41) is 3.15. The monoisotopic (exact) mass is 323 g/mol. The van der Waals surface area contributed by atoms with E-state index in [4.69, 9.17) is 5.73 Å². The second-order valence-corrected chi connectivity index (χ2v) is 6.71. The van der Waals surface area contributed by atoms with Crippen LogP contribution in [0.2, 0.25) is 0 Å². The summed E-state index contributed by atoms with van der Waals surface area (Å²) in [6, 6.07) is 4.24. The summed E-state index contributed by atoms with van der Waals surface area (Å²) < 4.78 is 0. The van der Waals surface area contributed by atoms with Crippen molar-refractivity contribution in [3.63, 3.8) is 0 Å². The van der Waals surface area contributed by atoms with Crippen LogP contribution >= 0.6 is 12.4 Å². The van der Waals surface area contributed by atoms with Crippen molar-refractivity contribution in [3.05, 3.63) is 30.1 Å². The predicted molar refractivity (Wildman–Crippen MR) is 89.6 cm³/mol. The third kappa shape index (κ3) is 3.61. The number of hydrogen-bond acceptors (Lipinski definition) is 3. The lowest BCUT2D eigenvalue weighted by Gasteiger charge is -2.43. The maximum absolute atomic E-state index is 12.5. The lowest BCUT2D eigenvalue weighted by Crippen LogP contribution is -2.49. The number of rotatable bonds is 3. The van der Waals surface area contributed by atoms with Crippen molar-refractivity contribution in [3.8, 4) is 0 Å². The van der Waals surface area contributed by atoms with Gasteiger partial charge in [0.2, 0.25) is 5.91 Å². The van der Waals surface area contributed by atoms with Crippen LogP contribution in [0, 0.1) is 17.8 Å². The van der Waals surface area contributed by atoms with Gasteiger partial charge in [-0.1, -0.05) is 12.5 Å². The van der Waals surface area contributed by atoms with Crippen LogP contribution in [0.25, 0.3) is 0 Å². The second kappa shape index (κ2) is 7.42. The third-order valence-corrected chi connectivity index (χ3v) is 5.33. The van der Waals surface area contributed by atoms with E-state index in [2.05, 4.69) is 10.3 Å². The summed E-state index contributed by atoms with van der Waals surface area (Å²) in [5.74, 6) is 1.42. The van der Waals surface area contributed by atoms with Gasteiger partial charge >= 0.3 is 0 Å². The Morgan fingerprint density at radius 3 is 2.64 bits per heavy atom. The number of nitrogens with zero attached hydrogens (tertiary/aromatic N) is 1. The van der Waals surface area contributed by atoms with Gasteiger partial charge < -0.3 is 11.1 Å². The predicted octanol–water partition coefficient (Wildman–Crippen LogP) is 2.83. The minimum absolute atomic E-state index is 0. The van der Waals surface area contributed by atoms with E-state index in [1.54, 1.807) is 6.20 Å². The largest absolute Gasteiger partial charge is 0.349 e. The normalized spacial score (nSPS) is 31.7. The Bertz CT molecular complexity index is 482. The summed E-state index contributed by atoms with van der Waals surface area (Å²) in [6.07, 6.45) is 9.16. The molecule has 0 saturated heterocycles. The zero-order chi connectivity index (χ0) is 14.8. The molecule has 1 amide bonds. The topological polar surface area (TPSA) is 68.0 Å². The summed E-state index contributed by atoms with van der Waals surface area (Å²) in [4.78, 5) is 16.7. The Kier molecular flexibility index (Phi) is 5.81. The zero-order valence-electron chi connectivity index (χ0n) is 13.1. The van der Waals surface area contributed by atoms with Crippen LogP contribution in [0.15, 0.2) is 24.5 Å². The molecule has 1 aromatic rings. The van der Waals surface area contributed by atoms with Gasteiger partial charge in [0, 0.05) is 24.4 Å². The Morgan fingerprint density at radius 2 is 2.05 bits per heavy atom. The summed E-state index contributed by atoms with van der Waals surface area (Å²) in [6.45, 7) is 2.02. The molecule has 3 N–H and O–H groups in total. The van der Waals surface area contributed by atoms with E-state index < -0.39 is 0 Å². The van der Waals surface area contributed by atoms with Crippen LogP contribution in [0.4, 0.5) is 0 Å². The number of carbonyl (C=O) groups excluding carboxylic acids is 1. The van der Waals surface area contributed by atoms with Gasteiger partial charge in [-0.15, -0.1) is 12.4 Å². The molecule has 22 heavy (non-hydrogen) atoms. The van der Waals surface area contributed by atoms with Gasteiger partial charge in [-0.2, -0.15) is 0 Å². The molecule has 0 aliphatic heterocycles. The molecule has 2 aliphatic carbocycles. The van der Waals surface area contributed by atoms with Crippen LogP contribution in [-0.2, 0) is 4.79 Å². The number of hydrogen-bond donors (Lipinski definition) is 2. The highest BCUT2D eigenvalue weighted by molar-refractivity contribution is 5.85. The van der Waals surface area contributed by atoms with Crippen molar-refractivity contribution >= 4 is 18.3 Å². The highest BCUT2D eigenvalue weighted by Crippen LogP contribution is 2.42. The summed E-state index contributed by atoms with van der Waals surface area (Å²) in [5.41, 5.74) is 7.35. The van der Waals surface area contributed by atoms with Crippen molar-refractivity contribution in [2.24, 2.45) is 23.5 Å². The maximum Gasteiger partial charge on any atom is 0.223 e. The second-order valence-electron chi connectivity index (χ2n) is 6.71. The molecule has 3 unspecified atom stereocenters. The lowest BCUT2D eigenvalue weighted by atomic mass is 9.65. The SMILES string of the molecule is CC(NC(=O)C1CC2CCCC(C1)C2N)c1cccnc1.Cl. The first-order chi connectivity index (χ1) is 10.1. The molecule has 2 fully saturated rings. The highest BCUT2D eigenvalue weighted by atomic mass is 35.5. The standard InChI is InChI=1S/C17H25N3O.ClH/c1-11(14-6-3-7-19-10-14)20-17(21)15-8-12-4-2-5-13(9-15)16(12)18;/h3,6-7,10-13,15-16H,2,4-5,8-9,18H2,1H3,(H,20,21);1H. The van der Waals surface area contributed by atoms with Gasteiger partial charge in [0.15, 0.2) is 0 Å². The fourth-order valence-electron chi connectivity index (χ4n) is 4.05. The van der Waals surface area contributed by atoms with E-state index in [-0.39, 0.29) is 30.3 Å². The van der Waals surface area contributed by atoms with Crippen LogP contribution in [0.5, 0.6) is 0 Å². The van der Waals surface area contributed by atoms with Crippen molar-refractivity contribution in [1.82, 2.24) is 10.3 Å². The third-order valence-electron chi connectivity index (χ3n) is 5.33. The van der Waals surface area contributed by atoms with Gasteiger partial charge in [-0.3, -0.25) is 9.78 Å². The Balaban J connectivity index is 0.00000176. The molecule has 5 heteroatoms.